The number of hydrogen-bond acceptors (Lipinski definition) is 7. The first-order chi connectivity index (χ1) is 15.2. The highest BCUT2D eigenvalue weighted by molar-refractivity contribution is 6.05. The van der Waals surface area contributed by atoms with Crippen molar-refractivity contribution in [2.45, 2.75) is 51.4 Å². The average molecular weight is 443 g/mol. The fourth-order valence-corrected chi connectivity index (χ4v) is 3.48. The molecule has 2 atom stereocenters. The van der Waals surface area contributed by atoms with E-state index in [1.165, 1.54) is 7.11 Å². The third kappa shape index (κ3) is 5.97. The Labute approximate surface area is 187 Å². The van der Waals surface area contributed by atoms with Crippen molar-refractivity contribution in [2.24, 2.45) is 0 Å². The molecule has 1 amide bonds. The predicted octanol–water partition coefficient (Wildman–Crippen LogP) is 4.12. The molecule has 1 aliphatic rings. The van der Waals surface area contributed by atoms with Gasteiger partial charge < -0.3 is 24.3 Å². The SMILES string of the molecule is COC(=O)c1ccc(/C=C/[C@@H]2CC[C@@H](NC(=O)OC(C)(C)C)CO2)c2nc(OC)ccc12. The smallest absolute Gasteiger partial charge is 0.407 e. The highest BCUT2D eigenvalue weighted by atomic mass is 16.6. The predicted molar refractivity (Wildman–Crippen MR) is 121 cm³/mol. The summed E-state index contributed by atoms with van der Waals surface area (Å²) in [6, 6.07) is 6.98. The lowest BCUT2D eigenvalue weighted by Gasteiger charge is -2.29. The van der Waals surface area contributed by atoms with Gasteiger partial charge in [0.1, 0.15) is 5.60 Å². The van der Waals surface area contributed by atoms with Crippen LogP contribution in [-0.2, 0) is 14.2 Å². The first-order valence-corrected chi connectivity index (χ1v) is 10.6. The monoisotopic (exact) mass is 442 g/mol. The molecule has 0 radical (unpaired) electrons. The van der Waals surface area contributed by atoms with Crippen molar-refractivity contribution >= 4 is 29.0 Å². The number of carbonyl (C=O) groups is 2. The number of nitrogens with zero attached hydrogens (tertiary/aromatic N) is 1. The lowest BCUT2D eigenvalue weighted by molar-refractivity contribution is 0.0136. The van der Waals surface area contributed by atoms with Crippen LogP contribution in [-0.4, -0.2) is 55.6 Å². The lowest BCUT2D eigenvalue weighted by Crippen LogP contribution is -2.44. The Kier molecular flexibility index (Phi) is 7.35. The zero-order valence-corrected chi connectivity index (χ0v) is 19.1. The maximum Gasteiger partial charge on any atom is 0.407 e. The normalized spacial score (nSPS) is 19.0. The van der Waals surface area contributed by atoms with Crippen LogP contribution in [0.4, 0.5) is 4.79 Å². The van der Waals surface area contributed by atoms with Gasteiger partial charge in [0.25, 0.3) is 0 Å². The summed E-state index contributed by atoms with van der Waals surface area (Å²) in [6.07, 6.45) is 4.92. The van der Waals surface area contributed by atoms with Crippen LogP contribution in [0.25, 0.3) is 17.0 Å². The number of methoxy groups -OCH3 is 2. The minimum atomic E-state index is -0.534. The second-order valence-electron chi connectivity index (χ2n) is 8.60. The Bertz CT molecular complexity index is 1000. The molecule has 0 unspecified atom stereocenters. The lowest BCUT2D eigenvalue weighted by atomic mass is 10.0. The summed E-state index contributed by atoms with van der Waals surface area (Å²) in [6.45, 7) is 5.90. The quantitative estimate of drug-likeness (QED) is 0.696. The maximum absolute atomic E-state index is 12.1. The van der Waals surface area contributed by atoms with Gasteiger partial charge in [0.05, 0.1) is 44.1 Å². The molecule has 2 heterocycles. The van der Waals surface area contributed by atoms with E-state index in [2.05, 4.69) is 10.3 Å². The maximum atomic E-state index is 12.1. The zero-order chi connectivity index (χ0) is 23.3. The summed E-state index contributed by atoms with van der Waals surface area (Å²) in [5, 5.41) is 3.54. The Hall–Kier alpha value is -3.13. The van der Waals surface area contributed by atoms with E-state index in [0.717, 1.165) is 18.4 Å². The molecular formula is C24H30N2O6. The van der Waals surface area contributed by atoms with E-state index in [0.29, 0.717) is 29.0 Å². The van der Waals surface area contributed by atoms with Gasteiger partial charge in [-0.15, -0.1) is 0 Å². The number of carbonyl (C=O) groups excluding carboxylic acids is 2. The summed E-state index contributed by atoms with van der Waals surface area (Å²) < 4.78 is 21.3. The van der Waals surface area contributed by atoms with Gasteiger partial charge in [-0.2, -0.15) is 0 Å². The van der Waals surface area contributed by atoms with E-state index in [1.807, 2.05) is 39.0 Å². The molecule has 1 aliphatic heterocycles. The van der Waals surface area contributed by atoms with Gasteiger partial charge in [-0.1, -0.05) is 18.2 Å². The highest BCUT2D eigenvalue weighted by Gasteiger charge is 2.24. The number of nitrogens with one attached hydrogen (secondary N) is 1. The van der Waals surface area contributed by atoms with E-state index >= 15 is 0 Å². The molecule has 1 fully saturated rings. The number of pyridine rings is 1. The molecule has 8 heteroatoms. The Morgan fingerprint density at radius 1 is 1.16 bits per heavy atom. The van der Waals surface area contributed by atoms with Crippen LogP contribution >= 0.6 is 0 Å². The number of esters is 1. The van der Waals surface area contributed by atoms with E-state index in [1.54, 1.807) is 25.3 Å². The molecule has 172 valence electrons. The summed E-state index contributed by atoms with van der Waals surface area (Å²) in [4.78, 5) is 28.6. The molecule has 0 aliphatic carbocycles. The first-order valence-electron chi connectivity index (χ1n) is 10.6. The zero-order valence-electron chi connectivity index (χ0n) is 19.1. The molecule has 3 rings (SSSR count). The molecule has 1 N–H and O–H groups in total. The van der Waals surface area contributed by atoms with Gasteiger partial charge in [0.2, 0.25) is 5.88 Å². The third-order valence-electron chi connectivity index (χ3n) is 5.00. The van der Waals surface area contributed by atoms with Crippen molar-refractivity contribution in [3.8, 4) is 5.88 Å². The van der Waals surface area contributed by atoms with Gasteiger partial charge in [-0.25, -0.2) is 14.6 Å². The van der Waals surface area contributed by atoms with Crippen molar-refractivity contribution < 1.29 is 28.5 Å². The number of benzene rings is 1. The van der Waals surface area contributed by atoms with Gasteiger partial charge in [0.15, 0.2) is 0 Å². The highest BCUT2D eigenvalue weighted by Crippen LogP contribution is 2.26. The molecule has 32 heavy (non-hydrogen) atoms. The summed E-state index contributed by atoms with van der Waals surface area (Å²) in [5.74, 6) is 0.0378. The molecule has 1 aromatic heterocycles. The fourth-order valence-electron chi connectivity index (χ4n) is 3.48. The number of amides is 1. The van der Waals surface area contributed by atoms with Crippen molar-refractivity contribution in [1.82, 2.24) is 10.3 Å². The molecular weight excluding hydrogens is 412 g/mol. The number of aromatic nitrogens is 1. The van der Waals surface area contributed by atoms with Crippen molar-refractivity contribution in [1.29, 1.82) is 0 Å². The van der Waals surface area contributed by atoms with Crippen LogP contribution in [0, 0.1) is 0 Å². The minimum Gasteiger partial charge on any atom is -0.481 e. The summed E-state index contributed by atoms with van der Waals surface area (Å²) in [5.41, 5.74) is 1.39. The largest absolute Gasteiger partial charge is 0.481 e. The molecule has 0 saturated carbocycles. The number of fused-ring (bicyclic) bond motifs is 1. The van der Waals surface area contributed by atoms with E-state index < -0.39 is 17.7 Å². The van der Waals surface area contributed by atoms with E-state index in [4.69, 9.17) is 18.9 Å². The fraction of sp³-hybridized carbons (Fsp3) is 0.458. The van der Waals surface area contributed by atoms with Gasteiger partial charge in [-0.3, -0.25) is 0 Å². The van der Waals surface area contributed by atoms with Crippen LogP contribution in [0.3, 0.4) is 0 Å². The van der Waals surface area contributed by atoms with Crippen molar-refractivity contribution in [3.05, 3.63) is 41.5 Å². The number of ether oxygens (including phenoxy) is 4. The standard InChI is InChI=1S/C24H30N2O6/c1-24(2,3)32-23(28)25-16-8-10-17(31-14-16)9-6-15-7-11-19(22(27)30-5)18-12-13-20(29-4)26-21(15)18/h6-7,9,11-13,16-17H,8,10,14H2,1-5H3,(H,25,28)/b9-6+/t16-,17-/m1/s1. The average Bonchev–Trinajstić information content (AvgIpc) is 2.76. The second kappa shape index (κ2) is 9.99. The topological polar surface area (TPSA) is 96.0 Å². The molecule has 0 bridgehead atoms. The van der Waals surface area contributed by atoms with Crippen LogP contribution in [0.2, 0.25) is 0 Å². The molecule has 1 saturated heterocycles. The van der Waals surface area contributed by atoms with Crippen LogP contribution in [0.15, 0.2) is 30.3 Å². The van der Waals surface area contributed by atoms with Gasteiger partial charge >= 0.3 is 12.1 Å². The Morgan fingerprint density at radius 2 is 1.94 bits per heavy atom. The second-order valence-corrected chi connectivity index (χ2v) is 8.60. The number of alkyl carbamates (subject to hydrolysis) is 1. The van der Waals surface area contributed by atoms with Gasteiger partial charge in [-0.05, 0) is 45.7 Å². The minimum absolute atomic E-state index is 0.0828. The summed E-state index contributed by atoms with van der Waals surface area (Å²) in [7, 11) is 2.90. The Balaban J connectivity index is 1.70. The molecule has 2 aromatic rings. The van der Waals surface area contributed by atoms with Crippen LogP contribution in [0.5, 0.6) is 5.88 Å². The van der Waals surface area contributed by atoms with E-state index in [9.17, 15) is 9.59 Å². The number of hydrogen-bond donors (Lipinski definition) is 1. The van der Waals surface area contributed by atoms with Crippen molar-refractivity contribution in [2.75, 3.05) is 20.8 Å². The van der Waals surface area contributed by atoms with Crippen molar-refractivity contribution in [3.63, 3.8) is 0 Å². The number of rotatable bonds is 5. The molecule has 1 aromatic carbocycles. The Morgan fingerprint density at radius 3 is 2.56 bits per heavy atom. The first kappa shape index (κ1) is 23.5. The van der Waals surface area contributed by atoms with E-state index in [-0.39, 0.29) is 12.1 Å². The van der Waals surface area contributed by atoms with Crippen LogP contribution < -0.4 is 10.1 Å². The molecule has 0 spiro atoms. The molecule has 8 nitrogen and oxygen atoms in total. The van der Waals surface area contributed by atoms with Gasteiger partial charge in [0, 0.05) is 17.0 Å². The third-order valence-corrected chi connectivity index (χ3v) is 5.00. The summed E-state index contributed by atoms with van der Waals surface area (Å²) >= 11 is 0. The van der Waals surface area contributed by atoms with Crippen LogP contribution in [0.1, 0.15) is 49.5 Å².